The number of carbonyl (C=O) groups is 1. The number of rotatable bonds is 6. The number of aromatic nitrogens is 3. The van der Waals surface area contributed by atoms with Crippen molar-refractivity contribution in [2.24, 2.45) is 0 Å². The van der Waals surface area contributed by atoms with Crippen molar-refractivity contribution >= 4 is 46.6 Å². The van der Waals surface area contributed by atoms with Crippen LogP contribution in [-0.2, 0) is 4.79 Å². The Morgan fingerprint density at radius 1 is 1.04 bits per heavy atom. The minimum absolute atomic E-state index is 0.165. The number of hydrogen-bond acceptors (Lipinski definition) is 6. The molecule has 1 aromatic carbocycles. The van der Waals surface area contributed by atoms with Crippen molar-refractivity contribution < 1.29 is 9.90 Å². The maximum Gasteiger partial charge on any atom is 0.322 e. The van der Waals surface area contributed by atoms with Crippen LogP contribution in [0.3, 0.4) is 0 Å². The van der Waals surface area contributed by atoms with Crippen molar-refractivity contribution in [1.82, 2.24) is 15.0 Å². The van der Waals surface area contributed by atoms with Crippen LogP contribution in [0.2, 0.25) is 10.0 Å². The third-order valence-corrected chi connectivity index (χ3v) is 3.98. The molecule has 0 amide bonds. The second-order valence-corrected chi connectivity index (χ2v) is 5.99. The van der Waals surface area contributed by atoms with E-state index in [1.165, 1.54) is 0 Å². The summed E-state index contributed by atoms with van der Waals surface area (Å²) in [6, 6.07) is 12.2. The van der Waals surface area contributed by atoms with Gasteiger partial charge in [0.1, 0.15) is 12.4 Å². The predicted octanol–water partition coefficient (Wildman–Crippen LogP) is 4.09. The molecule has 0 saturated heterocycles. The molecule has 3 N–H and O–H groups in total. The fourth-order valence-electron chi connectivity index (χ4n) is 2.11. The Morgan fingerprint density at radius 2 is 1.88 bits per heavy atom. The fourth-order valence-corrected chi connectivity index (χ4v) is 2.41. The van der Waals surface area contributed by atoms with Gasteiger partial charge in [-0.2, -0.15) is 4.98 Å². The van der Waals surface area contributed by atoms with E-state index in [1.54, 1.807) is 42.6 Å². The van der Waals surface area contributed by atoms with Crippen LogP contribution in [0.25, 0.3) is 11.4 Å². The molecule has 3 rings (SSSR count). The van der Waals surface area contributed by atoms with Crippen LogP contribution in [0.15, 0.2) is 48.7 Å². The van der Waals surface area contributed by atoms with Gasteiger partial charge in [-0.3, -0.25) is 9.78 Å². The molecule has 0 atom stereocenters. The lowest BCUT2D eigenvalue weighted by molar-refractivity contribution is -0.134. The Morgan fingerprint density at radius 3 is 2.58 bits per heavy atom. The Bertz CT molecular complexity index is 938. The highest BCUT2D eigenvalue weighted by molar-refractivity contribution is 6.42. The minimum atomic E-state index is -1.02. The summed E-state index contributed by atoms with van der Waals surface area (Å²) in [6.45, 7) is -0.308. The third-order valence-electron chi connectivity index (χ3n) is 3.24. The highest BCUT2D eigenvalue weighted by Crippen LogP contribution is 2.28. The number of benzene rings is 1. The van der Waals surface area contributed by atoms with E-state index in [0.29, 0.717) is 32.9 Å². The summed E-state index contributed by atoms with van der Waals surface area (Å²) < 4.78 is 0. The molecule has 2 aromatic heterocycles. The van der Waals surface area contributed by atoms with Crippen molar-refractivity contribution in [1.29, 1.82) is 0 Å². The summed E-state index contributed by atoms with van der Waals surface area (Å²) in [7, 11) is 0. The van der Waals surface area contributed by atoms with E-state index in [4.69, 9.17) is 28.3 Å². The first kappa shape index (κ1) is 17.9. The minimum Gasteiger partial charge on any atom is -0.480 e. The van der Waals surface area contributed by atoms with E-state index < -0.39 is 5.97 Å². The van der Waals surface area contributed by atoms with Gasteiger partial charge in [0.25, 0.3) is 0 Å². The van der Waals surface area contributed by atoms with Crippen LogP contribution >= 0.6 is 23.2 Å². The zero-order valence-electron chi connectivity index (χ0n) is 13.3. The molecule has 0 bridgehead atoms. The number of nitrogens with zero attached hydrogens (tertiary/aromatic N) is 3. The first-order chi connectivity index (χ1) is 12.5. The van der Waals surface area contributed by atoms with Crippen molar-refractivity contribution in [3.63, 3.8) is 0 Å². The molecule has 0 aliphatic rings. The monoisotopic (exact) mass is 389 g/mol. The average molecular weight is 390 g/mol. The third kappa shape index (κ3) is 4.59. The van der Waals surface area contributed by atoms with Gasteiger partial charge in [-0.15, -0.1) is 0 Å². The van der Waals surface area contributed by atoms with Crippen molar-refractivity contribution in [3.8, 4) is 11.4 Å². The van der Waals surface area contributed by atoms with Gasteiger partial charge in [-0.25, -0.2) is 4.98 Å². The zero-order valence-corrected chi connectivity index (χ0v) is 14.8. The smallest absolute Gasteiger partial charge is 0.322 e. The summed E-state index contributed by atoms with van der Waals surface area (Å²) in [4.78, 5) is 23.6. The molecule has 0 spiro atoms. The maximum atomic E-state index is 10.8. The van der Waals surface area contributed by atoms with E-state index in [2.05, 4.69) is 25.6 Å². The quantitative estimate of drug-likeness (QED) is 0.583. The lowest BCUT2D eigenvalue weighted by atomic mass is 10.2. The van der Waals surface area contributed by atoms with E-state index in [-0.39, 0.29) is 12.5 Å². The zero-order chi connectivity index (χ0) is 18.5. The predicted molar refractivity (Wildman–Crippen MR) is 101 cm³/mol. The Kier molecular flexibility index (Phi) is 5.50. The van der Waals surface area contributed by atoms with Gasteiger partial charge in [-0.05, 0) is 30.3 Å². The molecule has 2 heterocycles. The van der Waals surface area contributed by atoms with E-state index in [1.807, 2.05) is 6.07 Å². The van der Waals surface area contributed by atoms with Gasteiger partial charge in [-0.1, -0.05) is 29.3 Å². The number of halogens is 2. The number of carboxylic acid groups (broad SMARTS) is 1. The summed E-state index contributed by atoms with van der Waals surface area (Å²) in [5.74, 6) is -0.402. The van der Waals surface area contributed by atoms with Crippen LogP contribution < -0.4 is 10.6 Å². The highest BCUT2D eigenvalue weighted by Gasteiger charge is 2.10. The van der Waals surface area contributed by atoms with E-state index in [0.717, 1.165) is 0 Å². The molecule has 0 radical (unpaired) electrons. The fraction of sp³-hybridized carbons (Fsp3) is 0.0588. The van der Waals surface area contributed by atoms with Crippen LogP contribution in [0, 0.1) is 0 Å². The molecular formula is C17H13Cl2N5O2. The van der Waals surface area contributed by atoms with Crippen molar-refractivity contribution in [3.05, 3.63) is 58.7 Å². The number of pyridine rings is 1. The molecule has 0 aliphatic heterocycles. The summed E-state index contributed by atoms with van der Waals surface area (Å²) in [5, 5.41) is 15.5. The number of hydrogen-bond donors (Lipinski definition) is 3. The van der Waals surface area contributed by atoms with Crippen molar-refractivity contribution in [2.45, 2.75) is 0 Å². The summed E-state index contributed by atoms with van der Waals surface area (Å²) in [6.07, 6.45) is 1.65. The van der Waals surface area contributed by atoms with Crippen LogP contribution in [0.1, 0.15) is 0 Å². The number of nitrogens with one attached hydrogen (secondary N) is 2. The van der Waals surface area contributed by atoms with Crippen LogP contribution in [-0.4, -0.2) is 32.6 Å². The lowest BCUT2D eigenvalue weighted by Gasteiger charge is -2.11. The normalized spacial score (nSPS) is 10.4. The molecule has 3 aromatic rings. The SMILES string of the molecule is O=C(O)CNc1nc(Nc2ccc(Cl)c(Cl)c2)cc(-c2ccccn2)n1. The van der Waals surface area contributed by atoms with Crippen LogP contribution in [0.5, 0.6) is 0 Å². The number of anilines is 3. The standard InChI is InChI=1S/C17H13Cl2N5O2/c18-11-5-4-10(7-12(11)19)22-15-8-14(13-3-1-2-6-20-13)23-17(24-15)21-9-16(25)26/h1-8H,9H2,(H,25,26)(H2,21,22,23,24). The van der Waals surface area contributed by atoms with Gasteiger partial charge in [0, 0.05) is 18.0 Å². The van der Waals surface area contributed by atoms with Gasteiger partial charge in [0.2, 0.25) is 5.95 Å². The van der Waals surface area contributed by atoms with Gasteiger partial charge < -0.3 is 15.7 Å². The second-order valence-electron chi connectivity index (χ2n) is 5.18. The Hall–Kier alpha value is -2.90. The number of carboxylic acids is 1. The maximum absolute atomic E-state index is 10.8. The lowest BCUT2D eigenvalue weighted by Crippen LogP contribution is -2.15. The summed E-state index contributed by atoms with van der Waals surface area (Å²) in [5.41, 5.74) is 1.84. The molecule has 132 valence electrons. The molecule has 0 fully saturated rings. The van der Waals surface area contributed by atoms with E-state index >= 15 is 0 Å². The Balaban J connectivity index is 1.95. The molecule has 9 heteroatoms. The first-order valence-corrected chi connectivity index (χ1v) is 8.25. The molecular weight excluding hydrogens is 377 g/mol. The molecule has 26 heavy (non-hydrogen) atoms. The topological polar surface area (TPSA) is 100 Å². The molecule has 0 aliphatic carbocycles. The number of aliphatic carboxylic acids is 1. The largest absolute Gasteiger partial charge is 0.480 e. The molecule has 0 unspecified atom stereocenters. The Labute approximate surface area is 159 Å². The van der Waals surface area contributed by atoms with Gasteiger partial charge in [0.05, 0.1) is 21.4 Å². The van der Waals surface area contributed by atoms with Gasteiger partial charge >= 0.3 is 5.97 Å². The average Bonchev–Trinajstić information content (AvgIpc) is 2.64. The van der Waals surface area contributed by atoms with E-state index in [9.17, 15) is 4.79 Å². The van der Waals surface area contributed by atoms with Gasteiger partial charge in [0.15, 0.2) is 0 Å². The first-order valence-electron chi connectivity index (χ1n) is 7.49. The second kappa shape index (κ2) is 7.99. The van der Waals surface area contributed by atoms with Crippen LogP contribution in [0.4, 0.5) is 17.5 Å². The van der Waals surface area contributed by atoms with Crippen molar-refractivity contribution in [2.75, 3.05) is 17.2 Å². The molecule has 0 saturated carbocycles. The highest BCUT2D eigenvalue weighted by atomic mass is 35.5. The summed E-state index contributed by atoms with van der Waals surface area (Å²) >= 11 is 12.0. The molecule has 7 nitrogen and oxygen atoms in total.